The molecular weight excluding hydrogens is 478 g/mol. The lowest BCUT2D eigenvalue weighted by molar-refractivity contribution is -0.132. The first-order chi connectivity index (χ1) is 18.3. The van der Waals surface area contributed by atoms with Crippen LogP contribution in [-0.2, 0) is 16.2 Å². The van der Waals surface area contributed by atoms with Gasteiger partial charge in [-0.3, -0.25) is 14.5 Å². The summed E-state index contributed by atoms with van der Waals surface area (Å²) in [6.45, 7) is 4.19. The number of aliphatic hydroxyl groups excluding tert-OH is 1. The Morgan fingerprint density at radius 2 is 1.55 bits per heavy atom. The molecule has 2 N–H and O–H groups in total. The van der Waals surface area contributed by atoms with Crippen molar-refractivity contribution in [2.45, 2.75) is 26.5 Å². The van der Waals surface area contributed by atoms with Crippen LogP contribution in [0.15, 0.2) is 103 Å². The molecule has 0 radical (unpaired) electrons. The van der Waals surface area contributed by atoms with E-state index >= 15 is 0 Å². The number of carbonyl (C=O) groups excluding carboxylic acids is 2. The first-order valence-electron chi connectivity index (χ1n) is 12.3. The molecular formula is C32H27NO5. The van der Waals surface area contributed by atoms with Gasteiger partial charge in [-0.05, 0) is 73.0 Å². The van der Waals surface area contributed by atoms with Gasteiger partial charge in [0.1, 0.15) is 23.9 Å². The van der Waals surface area contributed by atoms with E-state index in [2.05, 4.69) is 0 Å². The molecule has 0 aromatic heterocycles. The fourth-order valence-electron chi connectivity index (χ4n) is 4.63. The SMILES string of the molecule is Cc1ccc(N2C(=O)C(=O)/C(=C(\O)c3ccc(OCc4ccccc4)c(C)c3)C2c2ccc(O)cc2)cc1. The normalized spacial score (nSPS) is 16.6. The van der Waals surface area contributed by atoms with Gasteiger partial charge in [0.05, 0.1) is 11.6 Å². The monoisotopic (exact) mass is 505 g/mol. The van der Waals surface area contributed by atoms with E-state index in [9.17, 15) is 19.8 Å². The number of aromatic hydroxyl groups is 1. The molecule has 0 bridgehead atoms. The highest BCUT2D eigenvalue weighted by Gasteiger charge is 2.47. The van der Waals surface area contributed by atoms with Gasteiger partial charge in [0.2, 0.25) is 0 Å². The summed E-state index contributed by atoms with van der Waals surface area (Å²) in [4.78, 5) is 28.0. The van der Waals surface area contributed by atoms with Crippen LogP contribution in [0.4, 0.5) is 5.69 Å². The molecule has 1 saturated heterocycles. The molecule has 0 aliphatic carbocycles. The van der Waals surface area contributed by atoms with Gasteiger partial charge in [-0.2, -0.15) is 0 Å². The smallest absolute Gasteiger partial charge is 0.300 e. The maximum absolute atomic E-state index is 13.3. The van der Waals surface area contributed by atoms with Crippen LogP contribution in [0.2, 0.25) is 0 Å². The predicted octanol–water partition coefficient (Wildman–Crippen LogP) is 6.21. The van der Waals surface area contributed by atoms with Gasteiger partial charge in [-0.1, -0.05) is 60.2 Å². The second-order valence-electron chi connectivity index (χ2n) is 9.35. The largest absolute Gasteiger partial charge is 0.508 e. The third-order valence-electron chi connectivity index (χ3n) is 6.65. The lowest BCUT2D eigenvalue weighted by Gasteiger charge is -2.25. The Hall–Kier alpha value is -4.84. The van der Waals surface area contributed by atoms with Crippen molar-refractivity contribution in [3.8, 4) is 11.5 Å². The average molecular weight is 506 g/mol. The lowest BCUT2D eigenvalue weighted by atomic mass is 9.94. The highest BCUT2D eigenvalue weighted by Crippen LogP contribution is 2.42. The number of phenols is 1. The molecule has 1 atom stereocenters. The van der Waals surface area contributed by atoms with Crippen molar-refractivity contribution < 1.29 is 24.5 Å². The molecule has 1 aliphatic rings. The van der Waals surface area contributed by atoms with E-state index in [0.717, 1.165) is 16.7 Å². The van der Waals surface area contributed by atoms with E-state index in [4.69, 9.17) is 4.74 Å². The number of hydrogen-bond donors (Lipinski definition) is 2. The second kappa shape index (κ2) is 10.3. The maximum atomic E-state index is 13.3. The number of aliphatic hydroxyl groups is 1. The van der Waals surface area contributed by atoms with E-state index in [0.29, 0.717) is 29.2 Å². The van der Waals surface area contributed by atoms with Gasteiger partial charge in [0.25, 0.3) is 11.7 Å². The van der Waals surface area contributed by atoms with Crippen molar-refractivity contribution in [2.75, 3.05) is 4.90 Å². The van der Waals surface area contributed by atoms with E-state index in [1.54, 1.807) is 42.5 Å². The summed E-state index contributed by atoms with van der Waals surface area (Å²) in [7, 11) is 0. The van der Waals surface area contributed by atoms with Crippen LogP contribution in [-0.4, -0.2) is 21.9 Å². The summed E-state index contributed by atoms with van der Waals surface area (Å²) in [6, 6.07) is 27.6. The number of ketones is 1. The number of ether oxygens (including phenoxy) is 1. The number of aryl methyl sites for hydroxylation is 2. The van der Waals surface area contributed by atoms with Gasteiger partial charge in [0.15, 0.2) is 0 Å². The number of nitrogens with zero attached hydrogens (tertiary/aromatic N) is 1. The Morgan fingerprint density at radius 3 is 2.21 bits per heavy atom. The van der Waals surface area contributed by atoms with Crippen LogP contribution < -0.4 is 9.64 Å². The number of Topliss-reactive ketones (excluding diaryl/α,β-unsaturated/α-hetero) is 1. The average Bonchev–Trinajstić information content (AvgIpc) is 3.19. The zero-order chi connectivity index (χ0) is 26.8. The molecule has 1 unspecified atom stereocenters. The molecule has 0 saturated carbocycles. The number of rotatable bonds is 6. The first-order valence-corrected chi connectivity index (χ1v) is 12.3. The minimum Gasteiger partial charge on any atom is -0.508 e. The summed E-state index contributed by atoms with van der Waals surface area (Å²) in [5, 5.41) is 21.2. The summed E-state index contributed by atoms with van der Waals surface area (Å²) < 4.78 is 5.96. The maximum Gasteiger partial charge on any atom is 0.300 e. The summed E-state index contributed by atoms with van der Waals surface area (Å²) >= 11 is 0. The Bertz CT molecular complexity index is 1520. The molecule has 1 amide bonds. The molecule has 0 spiro atoms. The number of carbonyl (C=O) groups is 2. The first kappa shape index (κ1) is 24.8. The second-order valence-corrected chi connectivity index (χ2v) is 9.35. The van der Waals surface area contributed by atoms with Gasteiger partial charge in [-0.15, -0.1) is 0 Å². The van der Waals surface area contributed by atoms with Crippen molar-refractivity contribution in [1.82, 2.24) is 0 Å². The highest BCUT2D eigenvalue weighted by atomic mass is 16.5. The number of hydrogen-bond acceptors (Lipinski definition) is 5. The van der Waals surface area contributed by atoms with Gasteiger partial charge in [0, 0.05) is 11.3 Å². The summed E-state index contributed by atoms with van der Waals surface area (Å²) in [6.07, 6.45) is 0. The molecule has 4 aromatic rings. The number of amides is 1. The molecule has 4 aromatic carbocycles. The van der Waals surface area contributed by atoms with E-state index in [1.807, 2.05) is 56.3 Å². The van der Waals surface area contributed by atoms with E-state index in [1.165, 1.54) is 17.0 Å². The van der Waals surface area contributed by atoms with E-state index in [-0.39, 0.29) is 17.1 Å². The van der Waals surface area contributed by atoms with Crippen molar-refractivity contribution in [3.05, 3.63) is 130 Å². The number of anilines is 1. The molecule has 5 rings (SSSR count). The number of benzene rings is 4. The predicted molar refractivity (Wildman–Crippen MR) is 146 cm³/mol. The third-order valence-corrected chi connectivity index (χ3v) is 6.65. The lowest BCUT2D eigenvalue weighted by Crippen LogP contribution is -2.29. The molecule has 6 nitrogen and oxygen atoms in total. The van der Waals surface area contributed by atoms with Crippen molar-refractivity contribution >= 4 is 23.1 Å². The zero-order valence-corrected chi connectivity index (χ0v) is 21.1. The minimum absolute atomic E-state index is 0.0152. The quantitative estimate of drug-likeness (QED) is 0.185. The van der Waals surface area contributed by atoms with Crippen LogP contribution in [0, 0.1) is 13.8 Å². The minimum atomic E-state index is -0.868. The van der Waals surface area contributed by atoms with Crippen LogP contribution in [0.1, 0.15) is 33.9 Å². The van der Waals surface area contributed by atoms with Crippen molar-refractivity contribution in [1.29, 1.82) is 0 Å². The molecule has 1 heterocycles. The van der Waals surface area contributed by atoms with Gasteiger partial charge >= 0.3 is 0 Å². The Balaban J connectivity index is 1.55. The molecule has 38 heavy (non-hydrogen) atoms. The Labute approximate surface area is 221 Å². The molecule has 190 valence electrons. The Morgan fingerprint density at radius 1 is 0.868 bits per heavy atom. The molecule has 1 fully saturated rings. The van der Waals surface area contributed by atoms with Gasteiger partial charge in [-0.25, -0.2) is 0 Å². The van der Waals surface area contributed by atoms with Gasteiger partial charge < -0.3 is 14.9 Å². The zero-order valence-electron chi connectivity index (χ0n) is 21.1. The van der Waals surface area contributed by atoms with Crippen LogP contribution in [0.3, 0.4) is 0 Å². The standard InChI is InChI=1S/C32H27NO5/c1-20-8-13-25(14-9-20)33-29(23-10-15-26(34)16-11-23)28(31(36)32(33)37)30(35)24-12-17-27(21(2)18-24)38-19-22-6-4-3-5-7-22/h3-18,29,34-35H,19H2,1-2H3/b30-28-. The fraction of sp³-hybridized carbons (Fsp3) is 0.125. The van der Waals surface area contributed by atoms with Crippen LogP contribution >= 0.6 is 0 Å². The molecule has 6 heteroatoms. The fourth-order valence-corrected chi connectivity index (χ4v) is 4.63. The third kappa shape index (κ3) is 4.76. The highest BCUT2D eigenvalue weighted by molar-refractivity contribution is 6.51. The van der Waals surface area contributed by atoms with E-state index < -0.39 is 17.7 Å². The topological polar surface area (TPSA) is 87.1 Å². The van der Waals surface area contributed by atoms with Crippen LogP contribution in [0.25, 0.3) is 5.76 Å². The summed E-state index contributed by atoms with van der Waals surface area (Å²) in [5.74, 6) is -1.06. The van der Waals surface area contributed by atoms with Crippen molar-refractivity contribution in [3.63, 3.8) is 0 Å². The Kier molecular flexibility index (Phi) is 6.71. The van der Waals surface area contributed by atoms with Crippen LogP contribution in [0.5, 0.6) is 11.5 Å². The summed E-state index contributed by atoms with van der Waals surface area (Å²) in [5.41, 5.74) is 4.33. The number of phenolic OH excluding ortho intramolecular Hbond substituents is 1. The van der Waals surface area contributed by atoms with Crippen molar-refractivity contribution in [2.24, 2.45) is 0 Å². The molecule has 1 aliphatic heterocycles.